The highest BCUT2D eigenvalue weighted by Gasteiger charge is 2.28. The SMILES string of the molecule is CCCCC/C=C\C=C/CCCCCCC(O)CC(=O)NC(COP(=O)(O)OCCN)C(O)CCCCCCCCCCCCCCCCC. The highest BCUT2D eigenvalue weighted by atomic mass is 31.2. The van der Waals surface area contributed by atoms with Crippen LogP contribution in [0.4, 0.5) is 0 Å². The van der Waals surface area contributed by atoms with Crippen LogP contribution in [0.3, 0.4) is 0 Å². The van der Waals surface area contributed by atoms with Gasteiger partial charge in [0.2, 0.25) is 5.91 Å². The molecule has 0 fully saturated rings. The molecule has 0 aliphatic carbocycles. The van der Waals surface area contributed by atoms with Gasteiger partial charge in [-0.3, -0.25) is 13.8 Å². The smallest absolute Gasteiger partial charge is 0.393 e. The number of phosphoric acid groups is 1. The molecule has 4 atom stereocenters. The van der Waals surface area contributed by atoms with E-state index < -0.39 is 32.0 Å². The Labute approximate surface area is 307 Å². The summed E-state index contributed by atoms with van der Waals surface area (Å²) in [6.07, 6.45) is 36.4. The van der Waals surface area contributed by atoms with E-state index >= 15 is 0 Å². The molecule has 0 saturated heterocycles. The lowest BCUT2D eigenvalue weighted by molar-refractivity contribution is -0.125. The van der Waals surface area contributed by atoms with Gasteiger partial charge in [-0.15, -0.1) is 0 Å². The molecule has 0 aromatic carbocycles. The molecule has 6 N–H and O–H groups in total. The molecule has 0 saturated carbocycles. The third kappa shape index (κ3) is 34.0. The summed E-state index contributed by atoms with van der Waals surface area (Å²) in [5.74, 6) is -0.426. The van der Waals surface area contributed by atoms with Crippen molar-refractivity contribution in [3.05, 3.63) is 24.3 Å². The first-order valence-corrected chi connectivity index (χ1v) is 22.0. The lowest BCUT2D eigenvalue weighted by Crippen LogP contribution is -2.47. The summed E-state index contributed by atoms with van der Waals surface area (Å²) in [7, 11) is -4.37. The second-order valence-electron chi connectivity index (χ2n) is 14.1. The number of hydrogen-bond acceptors (Lipinski definition) is 7. The van der Waals surface area contributed by atoms with Crippen LogP contribution in [0.5, 0.6) is 0 Å². The number of unbranched alkanes of at least 4 members (excludes halogenated alkanes) is 21. The zero-order valence-electron chi connectivity index (χ0n) is 32.3. The fraction of sp³-hybridized carbons (Fsp3) is 0.875. The van der Waals surface area contributed by atoms with Crippen LogP contribution in [0.15, 0.2) is 24.3 Å². The Morgan fingerprint density at radius 3 is 1.64 bits per heavy atom. The van der Waals surface area contributed by atoms with Crippen LogP contribution in [-0.2, 0) is 18.4 Å². The van der Waals surface area contributed by atoms with Crippen molar-refractivity contribution >= 4 is 13.7 Å². The van der Waals surface area contributed by atoms with E-state index in [4.69, 9.17) is 14.8 Å². The number of aliphatic hydroxyl groups is 2. The van der Waals surface area contributed by atoms with E-state index in [-0.39, 0.29) is 26.2 Å². The van der Waals surface area contributed by atoms with Crippen molar-refractivity contribution in [2.75, 3.05) is 19.8 Å². The Kier molecular flexibility index (Phi) is 35.5. The van der Waals surface area contributed by atoms with Gasteiger partial charge in [-0.05, 0) is 38.5 Å². The molecule has 0 aromatic heterocycles. The van der Waals surface area contributed by atoms with Gasteiger partial charge in [0.25, 0.3) is 0 Å². The first kappa shape index (κ1) is 48.9. The topological polar surface area (TPSA) is 151 Å². The van der Waals surface area contributed by atoms with E-state index in [0.717, 1.165) is 57.8 Å². The number of nitrogens with one attached hydrogen (secondary N) is 1. The van der Waals surface area contributed by atoms with Gasteiger partial charge in [0.05, 0.1) is 37.9 Å². The third-order valence-corrected chi connectivity index (χ3v) is 10.1. The molecule has 9 nitrogen and oxygen atoms in total. The molecule has 0 aromatic rings. The average molecular weight is 731 g/mol. The molecule has 0 heterocycles. The lowest BCUT2D eigenvalue weighted by Gasteiger charge is -2.25. The van der Waals surface area contributed by atoms with E-state index in [1.165, 1.54) is 96.3 Å². The van der Waals surface area contributed by atoms with Crippen LogP contribution < -0.4 is 11.1 Å². The quantitative estimate of drug-likeness (QED) is 0.0239. The highest BCUT2D eigenvalue weighted by Crippen LogP contribution is 2.43. The number of hydrogen-bond donors (Lipinski definition) is 5. The van der Waals surface area contributed by atoms with Crippen molar-refractivity contribution in [2.24, 2.45) is 5.73 Å². The number of amides is 1. The van der Waals surface area contributed by atoms with Crippen LogP contribution >= 0.6 is 7.82 Å². The van der Waals surface area contributed by atoms with Crippen LogP contribution in [0.25, 0.3) is 0 Å². The molecule has 0 spiro atoms. The first-order valence-electron chi connectivity index (χ1n) is 20.5. The molecule has 4 unspecified atom stereocenters. The maximum Gasteiger partial charge on any atom is 0.472 e. The predicted octanol–water partition coefficient (Wildman–Crippen LogP) is 9.97. The van der Waals surface area contributed by atoms with Gasteiger partial charge >= 0.3 is 7.82 Å². The zero-order chi connectivity index (χ0) is 37.0. The van der Waals surface area contributed by atoms with Gasteiger partial charge < -0.3 is 26.2 Å². The molecule has 1 amide bonds. The molecule has 0 aliphatic heterocycles. The van der Waals surface area contributed by atoms with Crippen molar-refractivity contribution in [3.8, 4) is 0 Å². The van der Waals surface area contributed by atoms with Gasteiger partial charge in [0, 0.05) is 6.54 Å². The van der Waals surface area contributed by atoms with Crippen LogP contribution in [-0.4, -0.2) is 59.0 Å². The fourth-order valence-corrected chi connectivity index (χ4v) is 6.75. The number of phosphoric ester groups is 1. The zero-order valence-corrected chi connectivity index (χ0v) is 33.1. The normalized spacial score (nSPS) is 15.1. The highest BCUT2D eigenvalue weighted by molar-refractivity contribution is 7.47. The van der Waals surface area contributed by atoms with Crippen molar-refractivity contribution in [1.29, 1.82) is 0 Å². The summed E-state index contributed by atoms with van der Waals surface area (Å²) in [5, 5.41) is 24.1. The molecule has 296 valence electrons. The maximum atomic E-state index is 12.8. The van der Waals surface area contributed by atoms with Crippen molar-refractivity contribution in [3.63, 3.8) is 0 Å². The summed E-state index contributed by atoms with van der Waals surface area (Å²) in [6, 6.07) is -0.900. The summed E-state index contributed by atoms with van der Waals surface area (Å²) in [6.45, 7) is 4.00. The summed E-state index contributed by atoms with van der Waals surface area (Å²) in [4.78, 5) is 22.7. The number of rotatable bonds is 38. The lowest BCUT2D eigenvalue weighted by atomic mass is 10.0. The van der Waals surface area contributed by atoms with Crippen molar-refractivity contribution in [1.82, 2.24) is 5.32 Å². The largest absolute Gasteiger partial charge is 0.472 e. The third-order valence-electron chi connectivity index (χ3n) is 9.14. The Hall–Kier alpha value is -1.06. The second-order valence-corrected chi connectivity index (χ2v) is 15.5. The summed E-state index contributed by atoms with van der Waals surface area (Å²) >= 11 is 0. The Morgan fingerprint density at radius 1 is 0.680 bits per heavy atom. The van der Waals surface area contributed by atoms with Crippen LogP contribution in [0.1, 0.15) is 187 Å². The molecule has 0 aliphatic rings. The van der Waals surface area contributed by atoms with Crippen molar-refractivity contribution < 1.29 is 33.5 Å². The van der Waals surface area contributed by atoms with Gasteiger partial charge in [0.1, 0.15) is 0 Å². The van der Waals surface area contributed by atoms with Gasteiger partial charge in [-0.25, -0.2) is 4.57 Å². The van der Waals surface area contributed by atoms with E-state index in [9.17, 15) is 24.5 Å². The van der Waals surface area contributed by atoms with E-state index in [0.29, 0.717) is 12.8 Å². The van der Waals surface area contributed by atoms with Gasteiger partial charge in [-0.2, -0.15) is 0 Å². The first-order chi connectivity index (χ1) is 24.3. The maximum absolute atomic E-state index is 12.8. The summed E-state index contributed by atoms with van der Waals surface area (Å²) in [5.41, 5.74) is 5.36. The minimum absolute atomic E-state index is 0.0572. The number of aliphatic hydroxyl groups excluding tert-OH is 2. The van der Waals surface area contributed by atoms with Crippen LogP contribution in [0, 0.1) is 0 Å². The number of carbonyl (C=O) groups excluding carboxylic acids is 1. The van der Waals surface area contributed by atoms with Gasteiger partial charge in [-0.1, -0.05) is 167 Å². The van der Waals surface area contributed by atoms with Crippen molar-refractivity contribution in [2.45, 2.75) is 205 Å². The Bertz CT molecular complexity index is 858. The number of nitrogens with two attached hydrogens (primary N) is 1. The minimum Gasteiger partial charge on any atom is -0.393 e. The number of carbonyl (C=O) groups is 1. The average Bonchev–Trinajstić information content (AvgIpc) is 3.09. The van der Waals surface area contributed by atoms with Crippen LogP contribution in [0.2, 0.25) is 0 Å². The molecule has 0 rings (SSSR count). The molecule has 50 heavy (non-hydrogen) atoms. The fourth-order valence-electron chi connectivity index (χ4n) is 5.99. The monoisotopic (exact) mass is 731 g/mol. The second kappa shape index (κ2) is 36.3. The van der Waals surface area contributed by atoms with E-state index in [1.54, 1.807) is 0 Å². The molecule has 0 radical (unpaired) electrons. The van der Waals surface area contributed by atoms with Gasteiger partial charge in [0.15, 0.2) is 0 Å². The number of allylic oxidation sites excluding steroid dienone is 4. The van der Waals surface area contributed by atoms with E-state index in [2.05, 4.69) is 43.5 Å². The summed E-state index contributed by atoms with van der Waals surface area (Å²) < 4.78 is 22.1. The Morgan fingerprint density at radius 2 is 1.12 bits per heavy atom. The molecule has 0 bridgehead atoms. The Balaban J connectivity index is 4.35. The molecular weight excluding hydrogens is 651 g/mol. The predicted molar refractivity (Wildman–Crippen MR) is 209 cm³/mol. The standard InChI is InChI=1S/C40H79N2O7P/c1-3-5-7-9-11-13-15-17-18-20-22-24-26-28-30-32-39(44)38(36-49-50(46,47)48-34-33-41)42-40(45)35-37(43)31-29-27-25-23-21-19-16-14-12-10-8-6-4-2/h12,14,16,19,37-39,43-44H,3-11,13,15,17-18,20-36,41H2,1-2H3,(H,42,45)(H,46,47)/b14-12-,19-16-. The minimum atomic E-state index is -4.37. The van der Waals surface area contributed by atoms with E-state index in [1.807, 2.05) is 0 Å². The molecular formula is C40H79N2O7P. The molecule has 10 heteroatoms.